The number of nitrogens with one attached hydrogen (secondary N) is 1. The molecule has 1 aromatic carbocycles. The molecular weight excluding hydrogens is 295 g/mol. The van der Waals surface area contributed by atoms with Gasteiger partial charge in [-0.25, -0.2) is 4.39 Å². The zero-order valence-electron chi connectivity index (χ0n) is 13.5. The Morgan fingerprint density at radius 1 is 1.35 bits per heavy atom. The van der Waals surface area contributed by atoms with Crippen molar-refractivity contribution in [1.29, 1.82) is 0 Å². The van der Waals surface area contributed by atoms with Crippen molar-refractivity contribution in [2.75, 3.05) is 6.54 Å². The molecule has 4 N–H and O–H groups in total. The van der Waals surface area contributed by atoms with Gasteiger partial charge in [-0.05, 0) is 36.5 Å². The molecule has 0 saturated heterocycles. The minimum atomic E-state index is -1.18. The van der Waals surface area contributed by atoms with Gasteiger partial charge in [0.25, 0.3) is 0 Å². The number of hydrogen-bond acceptors (Lipinski definition) is 3. The van der Waals surface area contributed by atoms with Crippen LogP contribution >= 0.6 is 0 Å². The Morgan fingerprint density at radius 2 is 2.09 bits per heavy atom. The Bertz CT molecular complexity index is 504. The number of hydrogen-bond donors (Lipinski definition) is 3. The maximum atomic E-state index is 13.1. The van der Waals surface area contributed by atoms with Gasteiger partial charge in [0.15, 0.2) is 0 Å². The molecule has 0 bridgehead atoms. The summed E-state index contributed by atoms with van der Waals surface area (Å²) in [5.74, 6) is -0.207. The number of amides is 1. The highest BCUT2D eigenvalue weighted by Gasteiger charge is 2.26. The van der Waals surface area contributed by atoms with Gasteiger partial charge in [-0.3, -0.25) is 4.79 Å². The lowest BCUT2D eigenvalue weighted by Gasteiger charge is -2.26. The molecule has 1 aliphatic carbocycles. The van der Waals surface area contributed by atoms with E-state index in [9.17, 15) is 14.3 Å². The zero-order valence-corrected chi connectivity index (χ0v) is 13.5. The first-order valence-electron chi connectivity index (χ1n) is 8.52. The zero-order chi connectivity index (χ0) is 16.7. The standard InChI is InChI=1S/C18H27FN2O2/c19-15-8-4-7-14(11-15)9-10-21-18(23)17(22)16(20)12-13-5-2-1-3-6-13/h4,7-8,11,13,16-17,22H,1-3,5-6,9-10,12,20H2,(H,21,23)/t16-,17?/m1/s1. The van der Waals surface area contributed by atoms with Crippen molar-refractivity contribution in [2.45, 2.75) is 57.1 Å². The summed E-state index contributed by atoms with van der Waals surface area (Å²) in [4.78, 5) is 12.0. The van der Waals surface area contributed by atoms with E-state index < -0.39 is 18.1 Å². The molecule has 4 nitrogen and oxygen atoms in total. The van der Waals surface area contributed by atoms with E-state index >= 15 is 0 Å². The van der Waals surface area contributed by atoms with Gasteiger partial charge in [0.05, 0.1) is 0 Å². The Morgan fingerprint density at radius 3 is 2.78 bits per heavy atom. The fraction of sp³-hybridized carbons (Fsp3) is 0.611. The van der Waals surface area contributed by atoms with Crippen molar-refractivity contribution < 1.29 is 14.3 Å². The summed E-state index contributed by atoms with van der Waals surface area (Å²) < 4.78 is 13.1. The molecule has 1 amide bonds. The second kappa shape index (κ2) is 8.99. The van der Waals surface area contributed by atoms with E-state index in [1.54, 1.807) is 12.1 Å². The van der Waals surface area contributed by atoms with E-state index in [0.717, 1.165) is 18.4 Å². The largest absolute Gasteiger partial charge is 0.382 e. The molecule has 23 heavy (non-hydrogen) atoms. The van der Waals surface area contributed by atoms with E-state index in [4.69, 9.17) is 5.73 Å². The number of nitrogens with two attached hydrogens (primary N) is 1. The summed E-state index contributed by atoms with van der Waals surface area (Å²) in [5, 5.41) is 12.7. The molecular formula is C18H27FN2O2. The molecule has 1 fully saturated rings. The normalized spacial score (nSPS) is 18.4. The Labute approximate surface area is 137 Å². The van der Waals surface area contributed by atoms with E-state index in [1.807, 2.05) is 0 Å². The van der Waals surface area contributed by atoms with E-state index in [1.165, 1.54) is 31.4 Å². The van der Waals surface area contributed by atoms with Crippen LogP contribution in [0, 0.1) is 11.7 Å². The third-order valence-corrected chi connectivity index (χ3v) is 4.61. The molecule has 0 radical (unpaired) electrons. The predicted molar refractivity (Wildman–Crippen MR) is 88.3 cm³/mol. The Hall–Kier alpha value is -1.46. The molecule has 1 aromatic rings. The van der Waals surface area contributed by atoms with Crippen LogP contribution < -0.4 is 11.1 Å². The summed E-state index contributed by atoms with van der Waals surface area (Å²) in [6.07, 6.45) is 6.02. The van der Waals surface area contributed by atoms with E-state index in [-0.39, 0.29) is 5.82 Å². The summed E-state index contributed by atoms with van der Waals surface area (Å²) in [6, 6.07) is 5.75. The van der Waals surface area contributed by atoms with Gasteiger partial charge in [-0.15, -0.1) is 0 Å². The van der Waals surface area contributed by atoms with Gasteiger partial charge < -0.3 is 16.2 Å². The van der Waals surface area contributed by atoms with Crippen LogP contribution in [0.15, 0.2) is 24.3 Å². The van der Waals surface area contributed by atoms with Gasteiger partial charge >= 0.3 is 0 Å². The number of carbonyl (C=O) groups excluding carboxylic acids is 1. The average Bonchev–Trinajstić information content (AvgIpc) is 2.55. The Kier molecular flexibility index (Phi) is 6.99. The maximum absolute atomic E-state index is 13.1. The molecule has 5 heteroatoms. The fourth-order valence-electron chi connectivity index (χ4n) is 3.26. The quantitative estimate of drug-likeness (QED) is 0.720. The lowest BCUT2D eigenvalue weighted by atomic mass is 9.84. The third kappa shape index (κ3) is 5.92. The van der Waals surface area contributed by atoms with Crippen LogP contribution in [0.3, 0.4) is 0 Å². The van der Waals surface area contributed by atoms with E-state index in [0.29, 0.717) is 25.3 Å². The van der Waals surface area contributed by atoms with Crippen molar-refractivity contribution in [3.63, 3.8) is 0 Å². The topological polar surface area (TPSA) is 75.3 Å². The highest BCUT2D eigenvalue weighted by atomic mass is 19.1. The van der Waals surface area contributed by atoms with Crippen LogP contribution in [-0.2, 0) is 11.2 Å². The Balaban J connectivity index is 1.71. The van der Waals surface area contributed by atoms with Crippen molar-refractivity contribution in [2.24, 2.45) is 11.7 Å². The lowest BCUT2D eigenvalue weighted by molar-refractivity contribution is -0.130. The van der Waals surface area contributed by atoms with Crippen molar-refractivity contribution in [3.05, 3.63) is 35.6 Å². The number of carbonyl (C=O) groups is 1. The summed E-state index contributed by atoms with van der Waals surface area (Å²) in [6.45, 7) is 0.357. The molecule has 0 aliphatic heterocycles. The third-order valence-electron chi connectivity index (χ3n) is 4.61. The van der Waals surface area contributed by atoms with Gasteiger partial charge in [-0.2, -0.15) is 0 Å². The first-order valence-corrected chi connectivity index (χ1v) is 8.52. The number of rotatable bonds is 7. The van der Waals surface area contributed by atoms with Gasteiger partial charge in [-0.1, -0.05) is 44.2 Å². The van der Waals surface area contributed by atoms with Crippen LogP contribution in [0.5, 0.6) is 0 Å². The van der Waals surface area contributed by atoms with Crippen LogP contribution in [0.2, 0.25) is 0 Å². The average molecular weight is 322 g/mol. The van der Waals surface area contributed by atoms with Gasteiger partial charge in [0.2, 0.25) is 5.91 Å². The summed E-state index contributed by atoms with van der Waals surface area (Å²) in [5.41, 5.74) is 6.80. The molecule has 128 valence electrons. The first kappa shape index (κ1) is 17.9. The van der Waals surface area contributed by atoms with Crippen LogP contribution in [-0.4, -0.2) is 29.7 Å². The molecule has 1 saturated carbocycles. The van der Waals surface area contributed by atoms with Crippen LogP contribution in [0.1, 0.15) is 44.1 Å². The maximum Gasteiger partial charge on any atom is 0.250 e. The first-order chi connectivity index (χ1) is 11.1. The smallest absolute Gasteiger partial charge is 0.250 e. The van der Waals surface area contributed by atoms with Crippen LogP contribution in [0.4, 0.5) is 4.39 Å². The van der Waals surface area contributed by atoms with Crippen molar-refractivity contribution in [3.8, 4) is 0 Å². The molecule has 2 atom stereocenters. The minimum Gasteiger partial charge on any atom is -0.382 e. The van der Waals surface area contributed by atoms with Crippen molar-refractivity contribution >= 4 is 5.91 Å². The van der Waals surface area contributed by atoms with Crippen LogP contribution in [0.25, 0.3) is 0 Å². The highest BCUT2D eigenvalue weighted by molar-refractivity contribution is 5.81. The predicted octanol–water partition coefficient (Wildman–Crippen LogP) is 2.14. The number of aliphatic hydroxyl groups excluding tert-OH is 1. The summed E-state index contributed by atoms with van der Waals surface area (Å²) in [7, 11) is 0. The van der Waals surface area contributed by atoms with Gasteiger partial charge in [0, 0.05) is 12.6 Å². The number of benzene rings is 1. The van der Waals surface area contributed by atoms with Crippen molar-refractivity contribution in [1.82, 2.24) is 5.32 Å². The number of halogens is 1. The molecule has 0 aromatic heterocycles. The highest BCUT2D eigenvalue weighted by Crippen LogP contribution is 2.27. The molecule has 2 rings (SSSR count). The minimum absolute atomic E-state index is 0.289. The van der Waals surface area contributed by atoms with Gasteiger partial charge in [0.1, 0.15) is 11.9 Å². The second-order valence-electron chi connectivity index (χ2n) is 6.52. The molecule has 1 aliphatic rings. The number of aliphatic hydroxyl groups is 1. The molecule has 0 spiro atoms. The second-order valence-corrected chi connectivity index (χ2v) is 6.52. The monoisotopic (exact) mass is 322 g/mol. The molecule has 0 heterocycles. The molecule has 1 unspecified atom stereocenters. The fourth-order valence-corrected chi connectivity index (χ4v) is 3.26. The lowest BCUT2D eigenvalue weighted by Crippen LogP contribution is -2.47. The summed E-state index contributed by atoms with van der Waals surface area (Å²) >= 11 is 0. The van der Waals surface area contributed by atoms with E-state index in [2.05, 4.69) is 5.32 Å². The SMILES string of the molecule is N[C@H](CC1CCCCC1)C(O)C(=O)NCCc1cccc(F)c1.